The molecule has 4 heteroatoms. The van der Waals surface area contributed by atoms with Crippen LogP contribution in [0.15, 0.2) is 16.8 Å². The molecule has 0 fully saturated rings. The summed E-state index contributed by atoms with van der Waals surface area (Å²) >= 11 is 1.76. The van der Waals surface area contributed by atoms with E-state index in [0.717, 1.165) is 26.2 Å². The number of methoxy groups -OCH3 is 1. The number of nitrogens with zero attached hydrogens (tertiary/aromatic N) is 1. The van der Waals surface area contributed by atoms with E-state index in [-0.39, 0.29) is 0 Å². The van der Waals surface area contributed by atoms with E-state index in [1.54, 1.807) is 18.4 Å². The molecule has 0 spiro atoms. The Morgan fingerprint density at radius 3 is 3.00 bits per heavy atom. The minimum absolute atomic E-state index is 0.430. The number of hydrogen-bond acceptors (Lipinski definition) is 4. The van der Waals surface area contributed by atoms with Gasteiger partial charge in [0.25, 0.3) is 0 Å². The largest absolute Gasteiger partial charge is 0.383 e. The molecule has 16 heavy (non-hydrogen) atoms. The Labute approximate surface area is 102 Å². The van der Waals surface area contributed by atoms with Gasteiger partial charge < -0.3 is 15.0 Å². The fourth-order valence-corrected chi connectivity index (χ4v) is 2.24. The van der Waals surface area contributed by atoms with Crippen molar-refractivity contribution in [1.29, 1.82) is 0 Å². The van der Waals surface area contributed by atoms with Crippen LogP contribution in [0.4, 0.5) is 0 Å². The van der Waals surface area contributed by atoms with Gasteiger partial charge in [-0.1, -0.05) is 0 Å². The molecule has 92 valence electrons. The van der Waals surface area contributed by atoms with Gasteiger partial charge in [0.05, 0.1) is 6.61 Å². The standard InChI is InChI=1S/C12H22N2OS/c1-11(9-15-3)13-5-6-14(2)8-12-4-7-16-10-12/h4,7,10-11,13H,5-6,8-9H2,1-3H3. The van der Waals surface area contributed by atoms with Crippen LogP contribution in [0.2, 0.25) is 0 Å². The van der Waals surface area contributed by atoms with Crippen molar-refractivity contribution in [2.24, 2.45) is 0 Å². The highest BCUT2D eigenvalue weighted by atomic mass is 32.1. The molecule has 0 amide bonds. The molecule has 0 aliphatic rings. The van der Waals surface area contributed by atoms with Crippen molar-refractivity contribution in [3.8, 4) is 0 Å². The summed E-state index contributed by atoms with van der Waals surface area (Å²) in [6.07, 6.45) is 0. The van der Waals surface area contributed by atoms with E-state index in [9.17, 15) is 0 Å². The molecule has 0 aliphatic heterocycles. The summed E-state index contributed by atoms with van der Waals surface area (Å²) in [5, 5.41) is 7.76. The van der Waals surface area contributed by atoms with Gasteiger partial charge in [0.15, 0.2) is 0 Å². The van der Waals surface area contributed by atoms with Gasteiger partial charge in [0, 0.05) is 32.8 Å². The Bertz CT molecular complexity index is 264. The van der Waals surface area contributed by atoms with Crippen LogP contribution in [0.5, 0.6) is 0 Å². The Balaban J connectivity index is 2.08. The smallest absolute Gasteiger partial charge is 0.0613 e. The second-order valence-corrected chi connectivity index (χ2v) is 4.96. The minimum atomic E-state index is 0.430. The van der Waals surface area contributed by atoms with Crippen LogP contribution >= 0.6 is 11.3 Å². The number of ether oxygens (including phenoxy) is 1. The highest BCUT2D eigenvalue weighted by Crippen LogP contribution is 2.07. The SMILES string of the molecule is COCC(C)NCCN(C)Cc1ccsc1. The summed E-state index contributed by atoms with van der Waals surface area (Å²) in [5.41, 5.74) is 1.40. The van der Waals surface area contributed by atoms with Crippen LogP contribution in [0.1, 0.15) is 12.5 Å². The van der Waals surface area contributed by atoms with Crippen molar-refractivity contribution in [3.63, 3.8) is 0 Å². The zero-order valence-corrected chi connectivity index (χ0v) is 11.2. The predicted octanol–water partition coefficient (Wildman–Crippen LogP) is 1.80. The minimum Gasteiger partial charge on any atom is -0.383 e. The molecular formula is C12H22N2OS. The average Bonchev–Trinajstić information content (AvgIpc) is 2.70. The van der Waals surface area contributed by atoms with Crippen molar-refractivity contribution >= 4 is 11.3 Å². The summed E-state index contributed by atoms with van der Waals surface area (Å²) in [5.74, 6) is 0. The first-order chi connectivity index (χ1) is 7.72. The van der Waals surface area contributed by atoms with Crippen molar-refractivity contribution < 1.29 is 4.74 Å². The lowest BCUT2D eigenvalue weighted by Gasteiger charge is -2.18. The van der Waals surface area contributed by atoms with Crippen molar-refractivity contribution in [2.75, 3.05) is 33.9 Å². The van der Waals surface area contributed by atoms with Crippen LogP contribution in [-0.2, 0) is 11.3 Å². The van der Waals surface area contributed by atoms with Crippen LogP contribution in [-0.4, -0.2) is 44.8 Å². The van der Waals surface area contributed by atoms with E-state index < -0.39 is 0 Å². The van der Waals surface area contributed by atoms with Crippen LogP contribution in [0.25, 0.3) is 0 Å². The topological polar surface area (TPSA) is 24.5 Å². The third-order valence-electron chi connectivity index (χ3n) is 2.44. The maximum absolute atomic E-state index is 5.07. The van der Waals surface area contributed by atoms with E-state index in [0.29, 0.717) is 6.04 Å². The number of hydrogen-bond donors (Lipinski definition) is 1. The number of likely N-dealkylation sites (N-methyl/N-ethyl adjacent to an activating group) is 1. The van der Waals surface area contributed by atoms with Gasteiger partial charge in [-0.2, -0.15) is 11.3 Å². The second-order valence-electron chi connectivity index (χ2n) is 4.18. The summed E-state index contributed by atoms with van der Waals surface area (Å²) in [4.78, 5) is 2.33. The lowest BCUT2D eigenvalue weighted by atomic mass is 10.3. The molecule has 1 heterocycles. The summed E-state index contributed by atoms with van der Waals surface area (Å²) in [6, 6.07) is 2.61. The van der Waals surface area contributed by atoms with Gasteiger partial charge in [0.2, 0.25) is 0 Å². The first-order valence-electron chi connectivity index (χ1n) is 5.64. The van der Waals surface area contributed by atoms with Gasteiger partial charge in [-0.05, 0) is 36.4 Å². The van der Waals surface area contributed by atoms with Crippen LogP contribution in [0, 0.1) is 0 Å². The lowest BCUT2D eigenvalue weighted by Crippen LogP contribution is -2.36. The molecule has 0 aliphatic carbocycles. The molecule has 1 unspecified atom stereocenters. The van der Waals surface area contributed by atoms with E-state index >= 15 is 0 Å². The van der Waals surface area contributed by atoms with Crippen LogP contribution < -0.4 is 5.32 Å². The molecule has 0 bridgehead atoms. The highest BCUT2D eigenvalue weighted by Gasteiger charge is 2.02. The van der Waals surface area contributed by atoms with Gasteiger partial charge >= 0.3 is 0 Å². The Morgan fingerprint density at radius 2 is 2.38 bits per heavy atom. The Hall–Kier alpha value is -0.420. The van der Waals surface area contributed by atoms with Crippen molar-refractivity contribution in [3.05, 3.63) is 22.4 Å². The molecular weight excluding hydrogens is 220 g/mol. The average molecular weight is 242 g/mol. The third-order valence-corrected chi connectivity index (χ3v) is 3.17. The zero-order chi connectivity index (χ0) is 11.8. The molecule has 1 aromatic heterocycles. The molecule has 0 aromatic carbocycles. The third kappa shape index (κ3) is 5.61. The molecule has 1 rings (SSSR count). The molecule has 0 saturated heterocycles. The van der Waals surface area contributed by atoms with Crippen LogP contribution in [0.3, 0.4) is 0 Å². The first-order valence-corrected chi connectivity index (χ1v) is 6.58. The number of nitrogens with one attached hydrogen (secondary N) is 1. The second kappa shape index (κ2) is 7.79. The van der Waals surface area contributed by atoms with E-state index in [4.69, 9.17) is 4.74 Å². The molecule has 1 N–H and O–H groups in total. The number of rotatable bonds is 8. The Morgan fingerprint density at radius 1 is 1.56 bits per heavy atom. The molecule has 0 saturated carbocycles. The Kier molecular flexibility index (Phi) is 6.64. The lowest BCUT2D eigenvalue weighted by molar-refractivity contribution is 0.170. The van der Waals surface area contributed by atoms with Crippen molar-refractivity contribution in [1.82, 2.24) is 10.2 Å². The van der Waals surface area contributed by atoms with Gasteiger partial charge in [-0.3, -0.25) is 0 Å². The normalized spacial score (nSPS) is 13.2. The van der Waals surface area contributed by atoms with E-state index in [1.165, 1.54) is 5.56 Å². The highest BCUT2D eigenvalue weighted by molar-refractivity contribution is 7.07. The molecule has 0 radical (unpaired) electrons. The van der Waals surface area contributed by atoms with E-state index in [2.05, 4.69) is 41.0 Å². The fourth-order valence-electron chi connectivity index (χ4n) is 1.58. The fraction of sp³-hybridized carbons (Fsp3) is 0.667. The summed E-state index contributed by atoms with van der Waals surface area (Å²) < 4.78 is 5.07. The molecule has 1 aromatic rings. The van der Waals surface area contributed by atoms with E-state index in [1.807, 2.05) is 0 Å². The zero-order valence-electron chi connectivity index (χ0n) is 10.4. The van der Waals surface area contributed by atoms with Gasteiger partial charge in [-0.25, -0.2) is 0 Å². The van der Waals surface area contributed by atoms with Gasteiger partial charge in [-0.15, -0.1) is 0 Å². The maximum Gasteiger partial charge on any atom is 0.0613 e. The number of thiophene rings is 1. The molecule has 1 atom stereocenters. The monoisotopic (exact) mass is 242 g/mol. The predicted molar refractivity (Wildman–Crippen MR) is 70.0 cm³/mol. The molecule has 3 nitrogen and oxygen atoms in total. The van der Waals surface area contributed by atoms with Gasteiger partial charge in [0.1, 0.15) is 0 Å². The first kappa shape index (κ1) is 13.6. The summed E-state index contributed by atoms with van der Waals surface area (Å²) in [7, 11) is 3.89. The quantitative estimate of drug-likeness (QED) is 0.752. The summed E-state index contributed by atoms with van der Waals surface area (Å²) in [6.45, 7) is 6.01. The maximum atomic E-state index is 5.07. The van der Waals surface area contributed by atoms with Crippen molar-refractivity contribution in [2.45, 2.75) is 19.5 Å².